The van der Waals surface area contributed by atoms with Gasteiger partial charge in [0.2, 0.25) is 15.9 Å². The molecule has 6 heteroatoms. The maximum atomic E-state index is 12.7. The van der Waals surface area contributed by atoms with Crippen LogP contribution in [0.15, 0.2) is 24.3 Å². The number of hydrogen-bond donors (Lipinski definition) is 0. The van der Waals surface area contributed by atoms with Gasteiger partial charge in [-0.1, -0.05) is 24.6 Å². The molecule has 1 aromatic rings. The Morgan fingerprint density at radius 2 is 1.59 bits per heavy atom. The van der Waals surface area contributed by atoms with Crippen molar-refractivity contribution in [2.45, 2.75) is 40.2 Å². The normalized spacial score (nSPS) is 12.8. The average Bonchev–Trinajstić information content (AvgIpc) is 2.45. The summed E-state index contributed by atoms with van der Waals surface area (Å²) in [6.45, 7) is 8.69. The Morgan fingerprint density at radius 3 is 1.95 bits per heavy atom. The first kappa shape index (κ1) is 18.5. The van der Waals surface area contributed by atoms with Crippen molar-refractivity contribution >= 4 is 21.6 Å². The second-order valence-electron chi connectivity index (χ2n) is 5.33. The van der Waals surface area contributed by atoms with Crippen molar-refractivity contribution in [3.63, 3.8) is 0 Å². The van der Waals surface area contributed by atoms with Crippen LogP contribution in [0.1, 0.15) is 32.8 Å². The van der Waals surface area contributed by atoms with Crippen molar-refractivity contribution in [3.8, 4) is 0 Å². The Balaban J connectivity index is 3.31. The number of aryl methyl sites for hydroxylation is 1. The van der Waals surface area contributed by atoms with E-state index in [1.54, 1.807) is 17.0 Å². The summed E-state index contributed by atoms with van der Waals surface area (Å²) in [4.78, 5) is 14.4. The SMILES string of the molecule is CCC(C(=O)N(CC)CC)N(c1ccc(C)cc1)S(C)(=O)=O. The summed E-state index contributed by atoms with van der Waals surface area (Å²) in [6.07, 6.45) is 1.57. The first-order valence-electron chi connectivity index (χ1n) is 7.61. The molecule has 1 amide bonds. The highest BCUT2D eigenvalue weighted by Gasteiger charge is 2.33. The van der Waals surface area contributed by atoms with Crippen LogP contribution in [0.2, 0.25) is 0 Å². The predicted molar refractivity (Wildman–Crippen MR) is 90.5 cm³/mol. The Bertz CT molecular complexity index is 592. The lowest BCUT2D eigenvalue weighted by atomic mass is 10.1. The molecular formula is C16H26N2O3S. The van der Waals surface area contributed by atoms with Gasteiger partial charge in [0.15, 0.2) is 0 Å². The maximum absolute atomic E-state index is 12.7. The molecule has 124 valence electrons. The number of nitrogens with zero attached hydrogens (tertiary/aromatic N) is 2. The molecule has 1 rings (SSSR count). The molecule has 1 unspecified atom stereocenters. The molecule has 0 spiro atoms. The third kappa shape index (κ3) is 4.22. The van der Waals surface area contributed by atoms with Crippen LogP contribution in [0.4, 0.5) is 5.69 Å². The first-order valence-corrected chi connectivity index (χ1v) is 9.45. The summed E-state index contributed by atoms with van der Waals surface area (Å²) < 4.78 is 25.8. The quantitative estimate of drug-likeness (QED) is 0.773. The molecule has 0 radical (unpaired) electrons. The number of benzene rings is 1. The zero-order chi connectivity index (χ0) is 16.9. The third-order valence-electron chi connectivity index (χ3n) is 3.68. The van der Waals surface area contributed by atoms with Crippen LogP contribution >= 0.6 is 0 Å². The van der Waals surface area contributed by atoms with Crippen molar-refractivity contribution in [1.82, 2.24) is 4.90 Å². The molecule has 0 fully saturated rings. The van der Waals surface area contributed by atoms with Gasteiger partial charge in [0.05, 0.1) is 11.9 Å². The molecule has 1 aromatic carbocycles. The van der Waals surface area contributed by atoms with E-state index in [4.69, 9.17) is 0 Å². The van der Waals surface area contributed by atoms with E-state index >= 15 is 0 Å². The van der Waals surface area contributed by atoms with Crippen LogP contribution in [0.5, 0.6) is 0 Å². The van der Waals surface area contributed by atoms with Gasteiger partial charge in [-0.05, 0) is 39.3 Å². The average molecular weight is 326 g/mol. The number of sulfonamides is 1. The fraction of sp³-hybridized carbons (Fsp3) is 0.562. The number of likely N-dealkylation sites (N-methyl/N-ethyl adjacent to an activating group) is 1. The van der Waals surface area contributed by atoms with Gasteiger partial charge in [-0.3, -0.25) is 9.10 Å². The molecule has 5 nitrogen and oxygen atoms in total. The van der Waals surface area contributed by atoms with Crippen molar-refractivity contribution in [1.29, 1.82) is 0 Å². The minimum Gasteiger partial charge on any atom is -0.341 e. The van der Waals surface area contributed by atoms with Gasteiger partial charge >= 0.3 is 0 Å². The number of rotatable bonds is 7. The Kier molecular flexibility index (Phi) is 6.41. The van der Waals surface area contributed by atoms with Gasteiger partial charge in [0.25, 0.3) is 0 Å². The molecule has 0 aliphatic rings. The smallest absolute Gasteiger partial charge is 0.246 e. The number of carbonyl (C=O) groups excluding carboxylic acids is 1. The first-order chi connectivity index (χ1) is 10.3. The Morgan fingerprint density at radius 1 is 1.09 bits per heavy atom. The zero-order valence-electron chi connectivity index (χ0n) is 14.0. The van der Waals surface area contributed by atoms with Crippen LogP contribution in [0.25, 0.3) is 0 Å². The predicted octanol–water partition coefficient (Wildman–Crippen LogP) is 2.41. The number of anilines is 1. The van der Waals surface area contributed by atoms with E-state index in [2.05, 4.69) is 0 Å². The summed E-state index contributed by atoms with van der Waals surface area (Å²) in [6, 6.07) is 6.48. The molecule has 0 aliphatic carbocycles. The molecule has 0 bridgehead atoms. The monoisotopic (exact) mass is 326 g/mol. The van der Waals surface area contributed by atoms with Gasteiger partial charge in [0, 0.05) is 13.1 Å². The van der Waals surface area contributed by atoms with E-state index < -0.39 is 16.1 Å². The van der Waals surface area contributed by atoms with Crippen LogP contribution in [0.3, 0.4) is 0 Å². The highest BCUT2D eigenvalue weighted by atomic mass is 32.2. The molecule has 0 aromatic heterocycles. The van der Waals surface area contributed by atoms with Crippen molar-refractivity contribution < 1.29 is 13.2 Å². The van der Waals surface area contributed by atoms with E-state index in [9.17, 15) is 13.2 Å². The Hall–Kier alpha value is -1.56. The lowest BCUT2D eigenvalue weighted by Crippen LogP contribution is -2.50. The van der Waals surface area contributed by atoms with Crippen LogP contribution in [-0.4, -0.2) is 44.6 Å². The van der Waals surface area contributed by atoms with Crippen molar-refractivity contribution in [3.05, 3.63) is 29.8 Å². The highest BCUT2D eigenvalue weighted by Crippen LogP contribution is 2.23. The number of carbonyl (C=O) groups is 1. The van der Waals surface area contributed by atoms with E-state index in [1.807, 2.05) is 39.8 Å². The molecule has 0 heterocycles. The van der Waals surface area contributed by atoms with Gasteiger partial charge in [-0.25, -0.2) is 8.42 Å². The van der Waals surface area contributed by atoms with Gasteiger partial charge in [-0.2, -0.15) is 0 Å². The molecule has 0 saturated carbocycles. The summed E-state index contributed by atoms with van der Waals surface area (Å²) in [5, 5.41) is 0. The van der Waals surface area contributed by atoms with E-state index in [1.165, 1.54) is 4.31 Å². The van der Waals surface area contributed by atoms with E-state index in [0.717, 1.165) is 11.8 Å². The fourth-order valence-corrected chi connectivity index (χ4v) is 3.69. The number of amides is 1. The maximum Gasteiger partial charge on any atom is 0.246 e. The summed E-state index contributed by atoms with van der Waals surface area (Å²) >= 11 is 0. The second kappa shape index (κ2) is 7.63. The molecule has 0 N–H and O–H groups in total. The van der Waals surface area contributed by atoms with Crippen LogP contribution in [0, 0.1) is 6.92 Å². The summed E-state index contributed by atoms with van der Waals surface area (Å²) in [7, 11) is -3.55. The number of hydrogen-bond acceptors (Lipinski definition) is 3. The zero-order valence-corrected chi connectivity index (χ0v) is 14.9. The minimum absolute atomic E-state index is 0.154. The van der Waals surface area contributed by atoms with E-state index in [0.29, 0.717) is 25.2 Å². The fourth-order valence-electron chi connectivity index (χ4n) is 2.48. The third-order valence-corrected chi connectivity index (χ3v) is 4.86. The van der Waals surface area contributed by atoms with Crippen LogP contribution in [-0.2, 0) is 14.8 Å². The highest BCUT2D eigenvalue weighted by molar-refractivity contribution is 7.92. The Labute approximate surface area is 134 Å². The molecule has 22 heavy (non-hydrogen) atoms. The topological polar surface area (TPSA) is 57.7 Å². The van der Waals surface area contributed by atoms with Crippen molar-refractivity contribution in [2.24, 2.45) is 0 Å². The summed E-state index contributed by atoms with van der Waals surface area (Å²) in [5.41, 5.74) is 1.57. The lowest BCUT2D eigenvalue weighted by molar-refractivity contribution is -0.132. The van der Waals surface area contributed by atoms with Gasteiger partial charge in [-0.15, -0.1) is 0 Å². The lowest BCUT2D eigenvalue weighted by Gasteiger charge is -2.33. The summed E-state index contributed by atoms with van der Waals surface area (Å²) in [5.74, 6) is -0.154. The van der Waals surface area contributed by atoms with Gasteiger partial charge in [0.1, 0.15) is 6.04 Å². The standard InChI is InChI=1S/C16H26N2O3S/c1-6-15(16(19)17(7-2)8-3)18(22(5,20)21)14-11-9-13(4)10-12-14/h9-12,15H,6-8H2,1-5H3. The van der Waals surface area contributed by atoms with Crippen molar-refractivity contribution in [2.75, 3.05) is 23.7 Å². The van der Waals surface area contributed by atoms with Gasteiger partial charge < -0.3 is 4.90 Å². The van der Waals surface area contributed by atoms with Crippen LogP contribution < -0.4 is 4.31 Å². The largest absolute Gasteiger partial charge is 0.341 e. The molecule has 0 saturated heterocycles. The molecule has 1 atom stereocenters. The second-order valence-corrected chi connectivity index (χ2v) is 7.19. The minimum atomic E-state index is -3.55. The molecule has 0 aliphatic heterocycles. The van der Waals surface area contributed by atoms with E-state index in [-0.39, 0.29) is 5.91 Å². The molecular weight excluding hydrogens is 300 g/mol.